The van der Waals surface area contributed by atoms with E-state index in [1.54, 1.807) is 0 Å². The van der Waals surface area contributed by atoms with E-state index in [2.05, 4.69) is 28.7 Å². The van der Waals surface area contributed by atoms with Gasteiger partial charge in [-0.15, -0.1) is 0 Å². The van der Waals surface area contributed by atoms with Crippen LogP contribution in [0.25, 0.3) is 0 Å². The van der Waals surface area contributed by atoms with Gasteiger partial charge in [-0.2, -0.15) is 0 Å². The topological polar surface area (TPSA) is 75.0 Å². The molecule has 2 heterocycles. The summed E-state index contributed by atoms with van der Waals surface area (Å²) < 4.78 is 0. The number of nitrogen functional groups attached to an aromatic ring is 1. The average molecular weight is 222 g/mol. The summed E-state index contributed by atoms with van der Waals surface area (Å²) in [6.07, 6.45) is 1.57. The fourth-order valence-electron chi connectivity index (χ4n) is 2.16. The largest absolute Gasteiger partial charge is 0.369 e. The van der Waals surface area contributed by atoms with Crippen LogP contribution >= 0.6 is 0 Å². The molecule has 5 heteroatoms. The molecular formula is C11H18N4O. The Morgan fingerprint density at radius 2 is 2.06 bits per heavy atom. The quantitative estimate of drug-likeness (QED) is 0.710. The Hall–Kier alpha value is -1.36. The molecular weight excluding hydrogens is 204 g/mol. The van der Waals surface area contributed by atoms with Gasteiger partial charge in [0, 0.05) is 31.1 Å². The van der Waals surface area contributed by atoms with Crippen molar-refractivity contribution in [2.24, 2.45) is 0 Å². The van der Waals surface area contributed by atoms with Crippen LogP contribution in [-0.4, -0.2) is 34.0 Å². The molecule has 2 rings (SSSR count). The van der Waals surface area contributed by atoms with Gasteiger partial charge in [0.15, 0.2) is 0 Å². The van der Waals surface area contributed by atoms with E-state index >= 15 is 0 Å². The molecule has 1 aromatic rings. The summed E-state index contributed by atoms with van der Waals surface area (Å²) >= 11 is 0. The van der Waals surface area contributed by atoms with E-state index in [-0.39, 0.29) is 11.5 Å². The second-order valence-corrected chi connectivity index (χ2v) is 4.51. The van der Waals surface area contributed by atoms with Gasteiger partial charge in [0.25, 0.3) is 5.56 Å². The molecule has 0 fully saturated rings. The molecule has 0 radical (unpaired) electrons. The SMILES string of the molecule is CC(C)N1CCc2nc(N)[nH]c(=O)c2CC1. The molecule has 0 saturated carbocycles. The van der Waals surface area contributed by atoms with Gasteiger partial charge in [0.2, 0.25) is 5.95 Å². The summed E-state index contributed by atoms with van der Waals surface area (Å²) in [7, 11) is 0. The van der Waals surface area contributed by atoms with Crippen molar-refractivity contribution in [3.05, 3.63) is 21.6 Å². The van der Waals surface area contributed by atoms with Crippen LogP contribution in [0.3, 0.4) is 0 Å². The summed E-state index contributed by atoms with van der Waals surface area (Å²) in [6.45, 7) is 6.20. The zero-order valence-corrected chi connectivity index (χ0v) is 9.79. The Labute approximate surface area is 94.7 Å². The Morgan fingerprint density at radius 3 is 2.75 bits per heavy atom. The molecule has 1 aliphatic rings. The molecule has 0 aliphatic carbocycles. The number of anilines is 1. The molecule has 0 bridgehead atoms. The first-order chi connectivity index (χ1) is 7.58. The molecule has 16 heavy (non-hydrogen) atoms. The van der Waals surface area contributed by atoms with Crippen LogP contribution < -0.4 is 11.3 Å². The van der Waals surface area contributed by atoms with Gasteiger partial charge >= 0.3 is 0 Å². The number of H-pyrrole nitrogens is 1. The van der Waals surface area contributed by atoms with Crippen molar-refractivity contribution in [2.75, 3.05) is 18.8 Å². The molecule has 0 unspecified atom stereocenters. The van der Waals surface area contributed by atoms with Gasteiger partial charge in [0.05, 0.1) is 5.69 Å². The summed E-state index contributed by atoms with van der Waals surface area (Å²) in [5.74, 6) is 0.224. The first kappa shape index (κ1) is 11.1. The Morgan fingerprint density at radius 1 is 1.38 bits per heavy atom. The third-order valence-corrected chi connectivity index (χ3v) is 3.13. The van der Waals surface area contributed by atoms with Crippen molar-refractivity contribution < 1.29 is 0 Å². The molecule has 88 valence electrons. The lowest BCUT2D eigenvalue weighted by Gasteiger charge is -2.23. The maximum Gasteiger partial charge on any atom is 0.255 e. The Balaban J connectivity index is 2.31. The molecule has 5 nitrogen and oxygen atoms in total. The number of rotatable bonds is 1. The smallest absolute Gasteiger partial charge is 0.255 e. The lowest BCUT2D eigenvalue weighted by atomic mass is 10.1. The standard InChI is InChI=1S/C11H18N4O/c1-7(2)15-5-3-8-9(4-6-15)13-11(12)14-10(8)16/h7H,3-6H2,1-2H3,(H3,12,13,14,16). The van der Waals surface area contributed by atoms with Gasteiger partial charge in [-0.3, -0.25) is 9.78 Å². The second-order valence-electron chi connectivity index (χ2n) is 4.51. The average Bonchev–Trinajstić information content (AvgIpc) is 2.39. The van der Waals surface area contributed by atoms with Crippen molar-refractivity contribution in [3.8, 4) is 0 Å². The highest BCUT2D eigenvalue weighted by molar-refractivity contribution is 5.26. The predicted molar refractivity (Wildman–Crippen MR) is 63.4 cm³/mol. The summed E-state index contributed by atoms with van der Waals surface area (Å²) in [5.41, 5.74) is 7.14. The predicted octanol–water partition coefficient (Wildman–Crippen LogP) is 0.161. The van der Waals surface area contributed by atoms with E-state index < -0.39 is 0 Å². The Kier molecular flexibility index (Phi) is 2.96. The highest BCUT2D eigenvalue weighted by Crippen LogP contribution is 2.12. The van der Waals surface area contributed by atoms with Crippen molar-refractivity contribution in [1.29, 1.82) is 0 Å². The number of hydrogen-bond donors (Lipinski definition) is 2. The minimum Gasteiger partial charge on any atom is -0.369 e. The molecule has 0 aromatic carbocycles. The van der Waals surface area contributed by atoms with Crippen molar-refractivity contribution >= 4 is 5.95 Å². The number of hydrogen-bond acceptors (Lipinski definition) is 4. The summed E-state index contributed by atoms with van der Waals surface area (Å²) in [6, 6.07) is 0.505. The molecule has 0 saturated heterocycles. The number of nitrogens with one attached hydrogen (secondary N) is 1. The van der Waals surface area contributed by atoms with Crippen LogP contribution in [0.2, 0.25) is 0 Å². The van der Waals surface area contributed by atoms with E-state index in [0.717, 1.165) is 37.2 Å². The first-order valence-corrected chi connectivity index (χ1v) is 5.69. The third-order valence-electron chi connectivity index (χ3n) is 3.13. The number of aromatic amines is 1. The number of nitrogens with two attached hydrogens (primary N) is 1. The maximum atomic E-state index is 11.7. The molecule has 3 N–H and O–H groups in total. The lowest BCUT2D eigenvalue weighted by molar-refractivity contribution is 0.232. The maximum absolute atomic E-state index is 11.7. The fraction of sp³-hybridized carbons (Fsp3) is 0.636. The van der Waals surface area contributed by atoms with Crippen LogP contribution in [-0.2, 0) is 12.8 Å². The van der Waals surface area contributed by atoms with E-state index in [1.165, 1.54) is 0 Å². The van der Waals surface area contributed by atoms with Gasteiger partial charge < -0.3 is 10.6 Å². The van der Waals surface area contributed by atoms with Gasteiger partial charge in [-0.1, -0.05) is 0 Å². The lowest BCUT2D eigenvalue weighted by Crippen LogP contribution is -2.33. The minimum atomic E-state index is -0.0758. The number of fused-ring (bicyclic) bond motifs is 1. The van der Waals surface area contributed by atoms with E-state index in [4.69, 9.17) is 5.73 Å². The zero-order valence-electron chi connectivity index (χ0n) is 9.79. The van der Waals surface area contributed by atoms with Gasteiger partial charge in [-0.25, -0.2) is 4.98 Å². The minimum absolute atomic E-state index is 0.0758. The fourth-order valence-corrected chi connectivity index (χ4v) is 2.16. The molecule has 0 amide bonds. The van der Waals surface area contributed by atoms with Crippen LogP contribution in [0, 0.1) is 0 Å². The first-order valence-electron chi connectivity index (χ1n) is 5.69. The van der Waals surface area contributed by atoms with E-state index in [0.29, 0.717) is 6.04 Å². The molecule has 1 aliphatic heterocycles. The zero-order chi connectivity index (χ0) is 11.7. The summed E-state index contributed by atoms with van der Waals surface area (Å²) in [4.78, 5) is 20.9. The monoisotopic (exact) mass is 222 g/mol. The normalized spacial score (nSPS) is 17.2. The number of aromatic nitrogens is 2. The second kappa shape index (κ2) is 4.25. The highest BCUT2D eigenvalue weighted by atomic mass is 16.1. The van der Waals surface area contributed by atoms with E-state index in [1.807, 2.05) is 0 Å². The van der Waals surface area contributed by atoms with Crippen LogP contribution in [0.4, 0.5) is 5.95 Å². The van der Waals surface area contributed by atoms with Crippen molar-refractivity contribution in [3.63, 3.8) is 0 Å². The molecule has 0 atom stereocenters. The Bertz CT molecular complexity index is 438. The van der Waals surface area contributed by atoms with Crippen molar-refractivity contribution in [1.82, 2.24) is 14.9 Å². The third kappa shape index (κ3) is 2.09. The molecule has 0 spiro atoms. The van der Waals surface area contributed by atoms with Crippen LogP contribution in [0.5, 0.6) is 0 Å². The van der Waals surface area contributed by atoms with Crippen LogP contribution in [0.1, 0.15) is 25.1 Å². The highest BCUT2D eigenvalue weighted by Gasteiger charge is 2.19. The van der Waals surface area contributed by atoms with E-state index in [9.17, 15) is 4.79 Å². The van der Waals surface area contributed by atoms with Crippen molar-refractivity contribution in [2.45, 2.75) is 32.7 Å². The summed E-state index contributed by atoms with van der Waals surface area (Å²) in [5, 5.41) is 0. The van der Waals surface area contributed by atoms with Crippen LogP contribution in [0.15, 0.2) is 4.79 Å². The van der Waals surface area contributed by atoms with Gasteiger partial charge in [-0.05, 0) is 20.3 Å². The molecule has 1 aromatic heterocycles. The number of nitrogens with zero attached hydrogens (tertiary/aromatic N) is 2. The van der Waals surface area contributed by atoms with Gasteiger partial charge in [0.1, 0.15) is 0 Å².